The SMILES string of the molecule is COc1ccc(OC)c(/C(C)=N/O)c1. The highest BCUT2D eigenvalue weighted by Gasteiger charge is 2.07. The van der Waals surface area contributed by atoms with Gasteiger partial charge in [0, 0.05) is 5.56 Å². The van der Waals surface area contributed by atoms with E-state index in [1.54, 1.807) is 39.3 Å². The molecular weight excluding hydrogens is 182 g/mol. The second kappa shape index (κ2) is 4.50. The minimum Gasteiger partial charge on any atom is -0.497 e. The lowest BCUT2D eigenvalue weighted by Gasteiger charge is -2.08. The number of oxime groups is 1. The summed E-state index contributed by atoms with van der Waals surface area (Å²) in [6.45, 7) is 1.69. The third-order valence-corrected chi connectivity index (χ3v) is 1.95. The second-order valence-electron chi connectivity index (χ2n) is 2.75. The monoisotopic (exact) mass is 195 g/mol. The van der Waals surface area contributed by atoms with E-state index in [1.807, 2.05) is 0 Å². The van der Waals surface area contributed by atoms with Gasteiger partial charge in [0.1, 0.15) is 11.5 Å². The molecule has 0 aliphatic heterocycles. The molecule has 0 saturated heterocycles. The Hall–Kier alpha value is -1.71. The van der Waals surface area contributed by atoms with Crippen LogP contribution in [-0.4, -0.2) is 25.1 Å². The summed E-state index contributed by atoms with van der Waals surface area (Å²) >= 11 is 0. The van der Waals surface area contributed by atoms with Crippen molar-refractivity contribution in [2.45, 2.75) is 6.92 Å². The number of hydrogen-bond donors (Lipinski definition) is 1. The van der Waals surface area contributed by atoms with Crippen molar-refractivity contribution in [3.63, 3.8) is 0 Å². The molecule has 0 atom stereocenters. The Labute approximate surface area is 82.8 Å². The summed E-state index contributed by atoms with van der Waals surface area (Å²) in [6.07, 6.45) is 0. The normalized spacial score (nSPS) is 11.2. The molecule has 1 aromatic rings. The first-order valence-electron chi connectivity index (χ1n) is 4.14. The van der Waals surface area contributed by atoms with Crippen LogP contribution >= 0.6 is 0 Å². The molecule has 0 amide bonds. The van der Waals surface area contributed by atoms with Gasteiger partial charge in [-0.1, -0.05) is 5.16 Å². The van der Waals surface area contributed by atoms with Crippen molar-refractivity contribution in [3.8, 4) is 11.5 Å². The zero-order valence-corrected chi connectivity index (χ0v) is 8.44. The van der Waals surface area contributed by atoms with E-state index < -0.39 is 0 Å². The number of hydrogen-bond acceptors (Lipinski definition) is 4. The van der Waals surface area contributed by atoms with Gasteiger partial charge in [-0.3, -0.25) is 0 Å². The largest absolute Gasteiger partial charge is 0.497 e. The molecule has 0 heterocycles. The minimum absolute atomic E-state index is 0.487. The molecule has 1 rings (SSSR count). The fourth-order valence-electron chi connectivity index (χ4n) is 1.15. The van der Waals surface area contributed by atoms with Crippen LogP contribution in [0.2, 0.25) is 0 Å². The molecule has 0 aliphatic carbocycles. The predicted molar refractivity (Wildman–Crippen MR) is 53.5 cm³/mol. The number of methoxy groups -OCH3 is 2. The first-order chi connectivity index (χ1) is 6.72. The van der Waals surface area contributed by atoms with Crippen molar-refractivity contribution in [1.29, 1.82) is 0 Å². The lowest BCUT2D eigenvalue weighted by molar-refractivity contribution is 0.318. The topological polar surface area (TPSA) is 51.0 Å². The highest BCUT2D eigenvalue weighted by molar-refractivity contribution is 6.01. The van der Waals surface area contributed by atoms with Gasteiger partial charge in [0.15, 0.2) is 0 Å². The van der Waals surface area contributed by atoms with Crippen LogP contribution in [0.4, 0.5) is 0 Å². The first kappa shape index (κ1) is 10.4. The summed E-state index contributed by atoms with van der Waals surface area (Å²) in [6, 6.07) is 5.31. The maximum atomic E-state index is 8.66. The summed E-state index contributed by atoms with van der Waals surface area (Å²) in [5.41, 5.74) is 1.20. The van der Waals surface area contributed by atoms with Gasteiger partial charge in [-0.05, 0) is 25.1 Å². The molecule has 4 nitrogen and oxygen atoms in total. The number of rotatable bonds is 3. The molecular formula is C10H13NO3. The van der Waals surface area contributed by atoms with E-state index in [-0.39, 0.29) is 0 Å². The van der Waals surface area contributed by atoms with Crippen molar-refractivity contribution in [3.05, 3.63) is 23.8 Å². The van der Waals surface area contributed by atoms with Crippen LogP contribution in [0.5, 0.6) is 11.5 Å². The molecule has 0 fully saturated rings. The Morgan fingerprint density at radius 3 is 2.50 bits per heavy atom. The predicted octanol–water partition coefficient (Wildman–Crippen LogP) is 1.90. The summed E-state index contributed by atoms with van der Waals surface area (Å²) in [4.78, 5) is 0. The van der Waals surface area contributed by atoms with Gasteiger partial charge < -0.3 is 14.7 Å². The molecule has 4 heteroatoms. The van der Waals surface area contributed by atoms with Crippen molar-refractivity contribution in [1.82, 2.24) is 0 Å². The van der Waals surface area contributed by atoms with Gasteiger partial charge in [0.05, 0.1) is 19.9 Å². The van der Waals surface area contributed by atoms with Gasteiger partial charge in [0.2, 0.25) is 0 Å². The zero-order valence-electron chi connectivity index (χ0n) is 8.44. The van der Waals surface area contributed by atoms with Crippen LogP contribution in [0.1, 0.15) is 12.5 Å². The Bertz CT molecular complexity index is 347. The Balaban J connectivity index is 3.21. The standard InChI is InChI=1S/C10H13NO3/c1-7(11-12)9-6-8(13-2)4-5-10(9)14-3/h4-6,12H,1-3H3/b11-7+. The van der Waals surface area contributed by atoms with E-state index in [0.29, 0.717) is 22.8 Å². The van der Waals surface area contributed by atoms with Gasteiger partial charge in [-0.2, -0.15) is 0 Å². The van der Waals surface area contributed by atoms with Crippen molar-refractivity contribution in [2.75, 3.05) is 14.2 Å². The lowest BCUT2D eigenvalue weighted by atomic mass is 10.1. The van der Waals surface area contributed by atoms with Crippen LogP contribution in [0.25, 0.3) is 0 Å². The molecule has 0 radical (unpaired) electrons. The van der Waals surface area contributed by atoms with E-state index in [1.165, 1.54) is 0 Å². The molecule has 76 valence electrons. The maximum absolute atomic E-state index is 8.66. The Kier molecular flexibility index (Phi) is 3.34. The lowest BCUT2D eigenvalue weighted by Crippen LogP contribution is -1.99. The molecule has 0 unspecified atom stereocenters. The van der Waals surface area contributed by atoms with Crippen LogP contribution in [0.15, 0.2) is 23.4 Å². The fourth-order valence-corrected chi connectivity index (χ4v) is 1.15. The van der Waals surface area contributed by atoms with Crippen LogP contribution in [0.3, 0.4) is 0 Å². The third kappa shape index (κ3) is 1.96. The average molecular weight is 195 g/mol. The first-order valence-corrected chi connectivity index (χ1v) is 4.14. The highest BCUT2D eigenvalue weighted by atomic mass is 16.5. The number of nitrogens with zero attached hydrogens (tertiary/aromatic N) is 1. The van der Waals surface area contributed by atoms with Crippen molar-refractivity contribution in [2.24, 2.45) is 5.16 Å². The van der Waals surface area contributed by atoms with Crippen LogP contribution in [0, 0.1) is 0 Å². The van der Waals surface area contributed by atoms with Gasteiger partial charge in [-0.15, -0.1) is 0 Å². The molecule has 0 saturated carbocycles. The zero-order chi connectivity index (χ0) is 10.6. The van der Waals surface area contributed by atoms with Crippen molar-refractivity contribution >= 4 is 5.71 Å². The van der Waals surface area contributed by atoms with Crippen molar-refractivity contribution < 1.29 is 14.7 Å². The highest BCUT2D eigenvalue weighted by Crippen LogP contribution is 2.24. The van der Waals surface area contributed by atoms with Crippen LogP contribution < -0.4 is 9.47 Å². The Morgan fingerprint density at radius 1 is 1.29 bits per heavy atom. The van der Waals surface area contributed by atoms with Gasteiger partial charge in [-0.25, -0.2) is 0 Å². The molecule has 0 spiro atoms. The van der Waals surface area contributed by atoms with Gasteiger partial charge >= 0.3 is 0 Å². The fraction of sp³-hybridized carbons (Fsp3) is 0.300. The van der Waals surface area contributed by atoms with Crippen LogP contribution in [-0.2, 0) is 0 Å². The Morgan fingerprint density at radius 2 is 2.00 bits per heavy atom. The quantitative estimate of drug-likeness (QED) is 0.455. The van der Waals surface area contributed by atoms with E-state index in [9.17, 15) is 0 Å². The summed E-state index contributed by atoms with van der Waals surface area (Å²) < 4.78 is 10.2. The molecule has 1 aromatic carbocycles. The van der Waals surface area contributed by atoms with E-state index in [2.05, 4.69) is 5.16 Å². The summed E-state index contributed by atoms with van der Waals surface area (Å²) in [7, 11) is 3.15. The molecule has 0 aliphatic rings. The maximum Gasteiger partial charge on any atom is 0.128 e. The van der Waals surface area contributed by atoms with E-state index in [0.717, 1.165) is 0 Å². The number of ether oxygens (including phenoxy) is 2. The smallest absolute Gasteiger partial charge is 0.128 e. The summed E-state index contributed by atoms with van der Waals surface area (Å²) in [5.74, 6) is 1.35. The molecule has 0 bridgehead atoms. The average Bonchev–Trinajstić information content (AvgIpc) is 2.27. The summed E-state index contributed by atoms with van der Waals surface area (Å²) in [5, 5.41) is 11.8. The molecule has 0 aromatic heterocycles. The molecule has 1 N–H and O–H groups in total. The third-order valence-electron chi connectivity index (χ3n) is 1.95. The molecule has 14 heavy (non-hydrogen) atoms. The van der Waals surface area contributed by atoms with E-state index >= 15 is 0 Å². The number of benzene rings is 1. The van der Waals surface area contributed by atoms with E-state index in [4.69, 9.17) is 14.7 Å². The second-order valence-corrected chi connectivity index (χ2v) is 2.75. The van der Waals surface area contributed by atoms with Gasteiger partial charge in [0.25, 0.3) is 0 Å². The minimum atomic E-state index is 0.487.